The van der Waals surface area contributed by atoms with E-state index in [1.54, 1.807) is 28.4 Å². The molecule has 0 bridgehead atoms. The molecule has 17 heteroatoms. The van der Waals surface area contributed by atoms with Crippen molar-refractivity contribution in [3.63, 3.8) is 0 Å². The van der Waals surface area contributed by atoms with Gasteiger partial charge in [-0.15, -0.1) is 0 Å². The number of hydrogen-bond acceptors (Lipinski definition) is 10. The summed E-state index contributed by atoms with van der Waals surface area (Å²) in [5, 5.41) is 12.3. The summed E-state index contributed by atoms with van der Waals surface area (Å²) in [5.74, 6) is 0.652. The minimum atomic E-state index is -1.13. The molecule has 0 spiro atoms. The van der Waals surface area contributed by atoms with Crippen molar-refractivity contribution in [1.29, 1.82) is 0 Å². The maximum Gasteiger partial charge on any atom is 0.407 e. The number of alkyl carbamates (subject to hydrolysis) is 1. The number of methoxy groups -OCH3 is 1. The fourth-order valence-corrected chi connectivity index (χ4v) is 8.70. The molecule has 332 valence electrons. The fourth-order valence-electron chi connectivity index (χ4n) is 8.70. The number of nitrogens with zero attached hydrogens (tertiary/aromatic N) is 7. The highest BCUT2D eigenvalue weighted by molar-refractivity contribution is 5.87. The molecule has 0 radical (unpaired) electrons. The second-order valence-electron chi connectivity index (χ2n) is 16.6. The number of rotatable bonds is 14. The Hall–Kier alpha value is -7.14. The molecule has 0 aliphatic carbocycles. The number of fused-ring (bicyclic) bond motifs is 1. The molecule has 3 aromatic heterocycles. The molecule has 2 saturated heterocycles. The summed E-state index contributed by atoms with van der Waals surface area (Å²) >= 11 is 0. The molecule has 6 aromatic rings. The van der Waals surface area contributed by atoms with E-state index in [2.05, 4.69) is 20.3 Å². The van der Waals surface area contributed by atoms with Crippen molar-refractivity contribution in [3.05, 3.63) is 109 Å². The first-order valence-electron chi connectivity index (χ1n) is 21.5. The van der Waals surface area contributed by atoms with Crippen LogP contribution in [0.25, 0.3) is 44.8 Å². The minimum Gasteiger partial charge on any atom is -0.465 e. The van der Waals surface area contributed by atoms with Crippen LogP contribution in [-0.4, -0.2) is 120 Å². The first-order chi connectivity index (χ1) is 31.0. The van der Waals surface area contributed by atoms with Crippen molar-refractivity contribution >= 4 is 35.0 Å². The summed E-state index contributed by atoms with van der Waals surface area (Å²) < 4.78 is 10.7. The highest BCUT2D eigenvalue weighted by Crippen LogP contribution is 2.35. The van der Waals surface area contributed by atoms with Crippen LogP contribution in [0.2, 0.25) is 0 Å². The van der Waals surface area contributed by atoms with Gasteiger partial charge in [0.15, 0.2) is 0 Å². The zero-order chi connectivity index (χ0) is 44.9. The SMILES string of the molecule is COC(=O)N[C@@H](COCc1ccccc1)C(=O)N1CCC[C@H]1c1ncc(-c2ccc3nc(-c4ccc(-c5cnc([C@@H]6CCCN6C(=O)[C@H](C(C)C)N(C)C(=O)O)[nH]5)cc4)cnc3c2)[nH]1. The van der Waals surface area contributed by atoms with Gasteiger partial charge in [0.05, 0.1) is 79.1 Å². The van der Waals surface area contributed by atoms with Gasteiger partial charge in [0.2, 0.25) is 11.8 Å². The molecule has 4 N–H and O–H groups in total. The van der Waals surface area contributed by atoms with Crippen molar-refractivity contribution < 1.29 is 33.8 Å². The van der Waals surface area contributed by atoms with Gasteiger partial charge in [0.25, 0.3) is 0 Å². The molecule has 8 rings (SSSR count). The Balaban J connectivity index is 0.923. The largest absolute Gasteiger partial charge is 0.465 e. The first kappa shape index (κ1) is 43.5. The van der Waals surface area contributed by atoms with Gasteiger partial charge in [0.1, 0.15) is 23.7 Å². The predicted octanol–water partition coefficient (Wildman–Crippen LogP) is 6.98. The van der Waals surface area contributed by atoms with E-state index in [4.69, 9.17) is 24.4 Å². The molecule has 2 aliphatic heterocycles. The Morgan fingerprint density at radius 1 is 0.797 bits per heavy atom. The summed E-state index contributed by atoms with van der Waals surface area (Å²) in [4.78, 5) is 82.0. The van der Waals surface area contributed by atoms with Gasteiger partial charge >= 0.3 is 12.2 Å². The summed E-state index contributed by atoms with van der Waals surface area (Å²) in [6, 6.07) is 21.1. The number of imidazole rings is 2. The van der Waals surface area contributed by atoms with Crippen LogP contribution in [0.4, 0.5) is 9.59 Å². The zero-order valence-corrected chi connectivity index (χ0v) is 36.2. The molecule has 2 aliphatic rings. The number of amides is 4. The second-order valence-corrected chi connectivity index (χ2v) is 16.6. The average molecular weight is 869 g/mol. The third-order valence-corrected chi connectivity index (χ3v) is 12.0. The molecule has 5 heterocycles. The fraction of sp³-hybridized carbons (Fsp3) is 0.362. The Bertz CT molecular complexity index is 2610. The number of aromatic nitrogens is 6. The number of likely N-dealkylation sites (tertiary alicyclic amines) is 2. The zero-order valence-electron chi connectivity index (χ0n) is 36.2. The molecule has 0 saturated carbocycles. The first-order valence-corrected chi connectivity index (χ1v) is 21.5. The van der Waals surface area contributed by atoms with Gasteiger partial charge in [-0.25, -0.2) is 24.5 Å². The number of H-pyrrole nitrogens is 2. The predicted molar refractivity (Wildman–Crippen MR) is 237 cm³/mol. The standard InChI is InChI=1S/C47H52N10O7/c1-28(2)41(55(3)47(61)62)45(59)57-21-9-13-40(57)43-49-24-36(52-43)31-16-14-30(15-17-31)35-23-48-34-22-32(18-19-33(34)51-35)37-25-50-42(53-37)39-12-8-20-56(39)44(58)38(54-46(60)63-4)27-64-26-29-10-6-5-7-11-29/h5-7,10-11,14-19,22-25,28,38-41H,8-9,12-13,20-21,26-27H2,1-4H3,(H,49,52)(H,50,53)(H,54,60)(H,61,62)/t38-,39-,40-,41-/m0/s1. The van der Waals surface area contributed by atoms with Crippen LogP contribution in [-0.2, 0) is 25.7 Å². The van der Waals surface area contributed by atoms with Crippen molar-refractivity contribution in [3.8, 4) is 33.8 Å². The molecule has 3 aromatic carbocycles. The Labute approximate surface area is 370 Å². The van der Waals surface area contributed by atoms with Gasteiger partial charge in [-0.3, -0.25) is 19.5 Å². The van der Waals surface area contributed by atoms with E-state index in [1.807, 2.05) is 86.6 Å². The number of hydrogen-bond donors (Lipinski definition) is 4. The number of ether oxygens (including phenoxy) is 2. The van der Waals surface area contributed by atoms with E-state index < -0.39 is 24.3 Å². The van der Waals surface area contributed by atoms with Gasteiger partial charge < -0.3 is 39.7 Å². The molecule has 2 fully saturated rings. The number of carbonyl (C=O) groups excluding carboxylic acids is 3. The molecule has 4 atom stereocenters. The average Bonchev–Trinajstić information content (AvgIpc) is 4.16. The minimum absolute atomic E-state index is 0.0185. The third kappa shape index (κ3) is 9.29. The van der Waals surface area contributed by atoms with Crippen molar-refractivity contribution in [2.45, 2.75) is 70.3 Å². The number of carboxylic acid groups (broad SMARTS) is 1. The van der Waals surface area contributed by atoms with Crippen LogP contribution in [0, 0.1) is 5.92 Å². The summed E-state index contributed by atoms with van der Waals surface area (Å²) in [5.41, 5.74) is 7.34. The quantitative estimate of drug-likeness (QED) is 0.0877. The normalized spacial score (nSPS) is 17.1. The van der Waals surface area contributed by atoms with Crippen LogP contribution in [0.3, 0.4) is 0 Å². The monoisotopic (exact) mass is 868 g/mol. The lowest BCUT2D eigenvalue weighted by Gasteiger charge is -2.33. The molecular formula is C47H52N10O7. The van der Waals surface area contributed by atoms with Gasteiger partial charge in [-0.2, -0.15) is 0 Å². The maximum atomic E-state index is 13.9. The lowest BCUT2D eigenvalue weighted by Crippen LogP contribution is -2.51. The maximum absolute atomic E-state index is 13.9. The third-order valence-electron chi connectivity index (χ3n) is 12.0. The Morgan fingerprint density at radius 3 is 2.03 bits per heavy atom. The van der Waals surface area contributed by atoms with Crippen molar-refractivity contribution in [1.82, 2.24) is 49.9 Å². The van der Waals surface area contributed by atoms with Crippen LogP contribution in [0.1, 0.15) is 68.8 Å². The van der Waals surface area contributed by atoms with E-state index in [-0.39, 0.29) is 36.4 Å². The number of likely N-dealkylation sites (N-methyl/N-ethyl adjacent to an activating group) is 1. The Kier molecular flexibility index (Phi) is 13.0. The highest BCUT2D eigenvalue weighted by atomic mass is 16.5. The van der Waals surface area contributed by atoms with Crippen LogP contribution in [0.5, 0.6) is 0 Å². The summed E-state index contributed by atoms with van der Waals surface area (Å²) in [6.07, 6.45) is 6.44. The number of nitrogens with one attached hydrogen (secondary N) is 3. The molecule has 17 nitrogen and oxygen atoms in total. The number of carbonyl (C=O) groups is 4. The lowest BCUT2D eigenvalue weighted by atomic mass is 10.0. The van der Waals surface area contributed by atoms with E-state index in [1.165, 1.54) is 14.2 Å². The molecule has 0 unspecified atom stereocenters. The highest BCUT2D eigenvalue weighted by Gasteiger charge is 2.40. The summed E-state index contributed by atoms with van der Waals surface area (Å²) in [7, 11) is 2.70. The number of aromatic amines is 2. The van der Waals surface area contributed by atoms with Gasteiger partial charge in [-0.1, -0.05) is 74.5 Å². The van der Waals surface area contributed by atoms with E-state index >= 15 is 0 Å². The lowest BCUT2D eigenvalue weighted by molar-refractivity contribution is -0.138. The van der Waals surface area contributed by atoms with E-state index in [0.717, 1.165) is 63.3 Å². The van der Waals surface area contributed by atoms with Crippen LogP contribution < -0.4 is 5.32 Å². The van der Waals surface area contributed by atoms with Gasteiger partial charge in [0, 0.05) is 31.3 Å². The Morgan fingerprint density at radius 2 is 1.41 bits per heavy atom. The van der Waals surface area contributed by atoms with Crippen LogP contribution in [0.15, 0.2) is 91.4 Å². The van der Waals surface area contributed by atoms with Crippen molar-refractivity contribution in [2.75, 3.05) is 33.9 Å². The van der Waals surface area contributed by atoms with Crippen molar-refractivity contribution in [2.24, 2.45) is 5.92 Å². The second kappa shape index (κ2) is 19.1. The number of benzene rings is 3. The topological polar surface area (TPSA) is 212 Å². The summed E-state index contributed by atoms with van der Waals surface area (Å²) in [6.45, 7) is 5.04. The molecule has 4 amide bonds. The smallest absolute Gasteiger partial charge is 0.407 e. The van der Waals surface area contributed by atoms with Crippen LogP contribution >= 0.6 is 0 Å². The molecular weight excluding hydrogens is 817 g/mol. The van der Waals surface area contributed by atoms with E-state index in [0.29, 0.717) is 49.0 Å². The van der Waals surface area contributed by atoms with Gasteiger partial charge in [-0.05, 0) is 54.9 Å². The van der Waals surface area contributed by atoms with E-state index in [9.17, 15) is 24.3 Å². The molecule has 64 heavy (non-hydrogen) atoms.